The number of aromatic nitrogens is 1. The fraction of sp³-hybridized carbons (Fsp3) is 0.591. The third-order valence-corrected chi connectivity index (χ3v) is 4.83. The van der Waals surface area contributed by atoms with E-state index in [0.29, 0.717) is 5.92 Å². The highest BCUT2D eigenvalue weighted by Crippen LogP contribution is 2.31. The van der Waals surface area contributed by atoms with Gasteiger partial charge in [-0.05, 0) is 63.6 Å². The van der Waals surface area contributed by atoms with Gasteiger partial charge >= 0.3 is 6.09 Å². The number of ether oxygens (including phenoxy) is 1. The Kier molecular flexibility index (Phi) is 6.38. The van der Waals surface area contributed by atoms with Crippen LogP contribution in [-0.2, 0) is 11.8 Å². The molecule has 0 N–H and O–H groups in total. The van der Waals surface area contributed by atoms with Crippen LogP contribution in [0.3, 0.4) is 0 Å². The molecule has 0 saturated carbocycles. The Labute approximate surface area is 158 Å². The van der Waals surface area contributed by atoms with E-state index in [4.69, 9.17) is 4.74 Å². The largest absolute Gasteiger partial charge is 0.444 e. The van der Waals surface area contributed by atoms with Crippen molar-refractivity contribution >= 4 is 17.0 Å². The van der Waals surface area contributed by atoms with Crippen LogP contribution in [0.5, 0.6) is 0 Å². The van der Waals surface area contributed by atoms with Gasteiger partial charge in [0.15, 0.2) is 0 Å². The van der Waals surface area contributed by atoms with Crippen LogP contribution in [0.2, 0.25) is 0 Å². The maximum Gasteiger partial charge on any atom is 0.410 e. The van der Waals surface area contributed by atoms with Crippen LogP contribution in [-0.4, -0.2) is 34.3 Å². The number of hydrogen-bond donors (Lipinski definition) is 0. The van der Waals surface area contributed by atoms with E-state index < -0.39 is 5.60 Å². The van der Waals surface area contributed by atoms with Crippen molar-refractivity contribution < 1.29 is 9.53 Å². The van der Waals surface area contributed by atoms with Crippen LogP contribution in [0.1, 0.15) is 64.5 Å². The zero-order chi connectivity index (χ0) is 19.5. The maximum absolute atomic E-state index is 12.2. The second-order valence-electron chi connectivity index (χ2n) is 7.94. The van der Waals surface area contributed by atoms with Gasteiger partial charge in [-0.3, -0.25) is 0 Å². The van der Waals surface area contributed by atoms with Gasteiger partial charge in [0.05, 0.1) is 0 Å². The predicted molar refractivity (Wildman–Crippen MR) is 109 cm³/mol. The lowest BCUT2D eigenvalue weighted by atomic mass is 9.89. The molecule has 0 bridgehead atoms. The molecule has 4 heteroatoms. The SMILES string of the molecule is CC.Cc1cn(C)c2cc(C3CCN(C(=O)OC(C)(C)C)CC3)ccc12. The first-order valence-corrected chi connectivity index (χ1v) is 9.78. The number of hydrogen-bond acceptors (Lipinski definition) is 2. The summed E-state index contributed by atoms with van der Waals surface area (Å²) in [5.74, 6) is 0.517. The lowest BCUT2D eigenvalue weighted by Crippen LogP contribution is -2.41. The molecule has 1 amide bonds. The molecule has 0 aliphatic carbocycles. The summed E-state index contributed by atoms with van der Waals surface area (Å²) in [5, 5.41) is 1.33. The monoisotopic (exact) mass is 358 g/mol. The van der Waals surface area contributed by atoms with Gasteiger partial charge in [0.25, 0.3) is 0 Å². The molecule has 3 rings (SSSR count). The van der Waals surface area contributed by atoms with Gasteiger partial charge in [-0.2, -0.15) is 0 Å². The maximum atomic E-state index is 12.2. The minimum atomic E-state index is -0.427. The van der Waals surface area contributed by atoms with Crippen molar-refractivity contribution in [3.63, 3.8) is 0 Å². The normalized spacial score (nSPS) is 15.6. The summed E-state index contributed by atoms with van der Waals surface area (Å²) < 4.78 is 7.68. The van der Waals surface area contributed by atoms with Gasteiger partial charge in [-0.25, -0.2) is 4.79 Å². The lowest BCUT2D eigenvalue weighted by Gasteiger charge is -2.33. The Bertz CT molecular complexity index is 747. The van der Waals surface area contributed by atoms with Crippen LogP contribution in [0.25, 0.3) is 10.9 Å². The highest BCUT2D eigenvalue weighted by atomic mass is 16.6. The summed E-state index contributed by atoms with van der Waals surface area (Å²) in [4.78, 5) is 14.0. The molecule has 144 valence electrons. The fourth-order valence-electron chi connectivity index (χ4n) is 3.58. The molecule has 1 fully saturated rings. The second kappa shape index (κ2) is 8.15. The summed E-state index contributed by atoms with van der Waals surface area (Å²) in [7, 11) is 2.10. The van der Waals surface area contributed by atoms with Crippen molar-refractivity contribution in [2.75, 3.05) is 13.1 Å². The van der Waals surface area contributed by atoms with Crippen molar-refractivity contribution in [3.05, 3.63) is 35.5 Å². The molecule has 1 aliphatic heterocycles. The second-order valence-corrected chi connectivity index (χ2v) is 7.94. The number of aryl methyl sites for hydroxylation is 2. The zero-order valence-electron chi connectivity index (χ0n) is 17.4. The molecular formula is C22H34N2O2. The molecule has 1 aliphatic rings. The van der Waals surface area contributed by atoms with Crippen molar-refractivity contribution in [2.24, 2.45) is 7.05 Å². The zero-order valence-corrected chi connectivity index (χ0v) is 17.4. The fourth-order valence-corrected chi connectivity index (χ4v) is 3.58. The van der Waals surface area contributed by atoms with E-state index in [2.05, 4.69) is 42.9 Å². The Morgan fingerprint density at radius 1 is 1.15 bits per heavy atom. The van der Waals surface area contributed by atoms with E-state index in [-0.39, 0.29) is 6.09 Å². The number of piperidine rings is 1. The number of likely N-dealkylation sites (tertiary alicyclic amines) is 1. The quantitative estimate of drug-likeness (QED) is 0.662. The summed E-state index contributed by atoms with van der Waals surface area (Å²) in [5.41, 5.74) is 3.56. The number of carbonyl (C=O) groups excluding carboxylic acids is 1. The molecule has 0 unspecified atom stereocenters. The van der Waals surface area contributed by atoms with Gasteiger partial charge < -0.3 is 14.2 Å². The molecule has 0 radical (unpaired) electrons. The summed E-state index contributed by atoms with van der Waals surface area (Å²) >= 11 is 0. The number of fused-ring (bicyclic) bond motifs is 1. The molecule has 2 aromatic rings. The van der Waals surface area contributed by atoms with E-state index in [1.54, 1.807) is 0 Å². The molecule has 1 aromatic heterocycles. The molecule has 0 spiro atoms. The number of amides is 1. The Morgan fingerprint density at radius 3 is 2.35 bits per heavy atom. The van der Waals surface area contributed by atoms with Crippen LogP contribution in [0.4, 0.5) is 4.79 Å². The summed E-state index contributed by atoms with van der Waals surface area (Å²) in [6, 6.07) is 6.81. The summed E-state index contributed by atoms with van der Waals surface area (Å²) in [6.07, 6.45) is 3.98. The molecule has 4 nitrogen and oxygen atoms in total. The minimum absolute atomic E-state index is 0.186. The van der Waals surface area contributed by atoms with E-state index >= 15 is 0 Å². The number of carbonyl (C=O) groups is 1. The van der Waals surface area contributed by atoms with Crippen LogP contribution < -0.4 is 0 Å². The van der Waals surface area contributed by atoms with E-state index in [9.17, 15) is 4.79 Å². The van der Waals surface area contributed by atoms with Gasteiger partial charge in [0.2, 0.25) is 0 Å². The molecule has 26 heavy (non-hydrogen) atoms. The highest BCUT2D eigenvalue weighted by Gasteiger charge is 2.27. The van der Waals surface area contributed by atoms with Gasteiger partial charge in [0, 0.05) is 37.2 Å². The first kappa shape index (κ1) is 20.3. The molecular weight excluding hydrogens is 324 g/mol. The molecule has 1 saturated heterocycles. The first-order chi connectivity index (χ1) is 12.2. The first-order valence-electron chi connectivity index (χ1n) is 9.78. The van der Waals surface area contributed by atoms with Crippen LogP contribution in [0, 0.1) is 6.92 Å². The van der Waals surface area contributed by atoms with Crippen molar-refractivity contribution in [1.29, 1.82) is 0 Å². The van der Waals surface area contributed by atoms with E-state index in [1.165, 1.54) is 22.0 Å². The Balaban J connectivity index is 0.00000117. The third kappa shape index (κ3) is 4.60. The van der Waals surface area contributed by atoms with Gasteiger partial charge in [-0.15, -0.1) is 0 Å². The van der Waals surface area contributed by atoms with Gasteiger partial charge in [0.1, 0.15) is 5.60 Å². The van der Waals surface area contributed by atoms with Crippen LogP contribution in [0.15, 0.2) is 24.4 Å². The van der Waals surface area contributed by atoms with E-state index in [1.807, 2.05) is 39.5 Å². The summed E-state index contributed by atoms with van der Waals surface area (Å²) in [6.45, 7) is 13.4. The van der Waals surface area contributed by atoms with E-state index in [0.717, 1.165) is 25.9 Å². The number of nitrogens with zero attached hydrogens (tertiary/aromatic N) is 2. The Hall–Kier alpha value is -1.97. The topological polar surface area (TPSA) is 34.5 Å². The van der Waals surface area contributed by atoms with Crippen molar-refractivity contribution in [2.45, 2.75) is 65.9 Å². The molecule has 2 heterocycles. The smallest absolute Gasteiger partial charge is 0.410 e. The predicted octanol–water partition coefficient (Wildman–Crippen LogP) is 5.63. The molecule has 0 atom stereocenters. The third-order valence-electron chi connectivity index (χ3n) is 4.83. The number of benzene rings is 1. The molecule has 1 aromatic carbocycles. The standard InChI is InChI=1S/C20H28N2O2.C2H6/c1-14-13-21(5)18-12-16(6-7-17(14)18)15-8-10-22(11-9-15)19(23)24-20(2,3)4;1-2/h6-7,12-13,15H,8-11H2,1-5H3;1-2H3. The highest BCUT2D eigenvalue weighted by molar-refractivity contribution is 5.84. The van der Waals surface area contributed by atoms with Crippen LogP contribution >= 0.6 is 0 Å². The Morgan fingerprint density at radius 2 is 1.77 bits per heavy atom. The lowest BCUT2D eigenvalue weighted by molar-refractivity contribution is 0.0205. The minimum Gasteiger partial charge on any atom is -0.444 e. The average Bonchev–Trinajstić information content (AvgIpc) is 2.89. The van der Waals surface area contributed by atoms with Crippen molar-refractivity contribution in [1.82, 2.24) is 9.47 Å². The average molecular weight is 359 g/mol. The van der Waals surface area contributed by atoms with Gasteiger partial charge in [-0.1, -0.05) is 26.0 Å². The number of rotatable bonds is 1. The van der Waals surface area contributed by atoms with Crippen molar-refractivity contribution in [3.8, 4) is 0 Å².